The smallest absolute Gasteiger partial charge is 0.360 e. The van der Waals surface area contributed by atoms with Gasteiger partial charge in [0.1, 0.15) is 5.69 Å². The first-order chi connectivity index (χ1) is 10.0. The van der Waals surface area contributed by atoms with Crippen molar-refractivity contribution in [1.82, 2.24) is 20.0 Å². The number of carbonyl (C=O) groups excluding carboxylic acids is 2. The van der Waals surface area contributed by atoms with Crippen molar-refractivity contribution in [2.45, 2.75) is 13.5 Å². The molecule has 0 spiro atoms. The Morgan fingerprint density at radius 1 is 1.38 bits per heavy atom. The van der Waals surface area contributed by atoms with Crippen LogP contribution in [0.15, 0.2) is 24.5 Å². The molecule has 1 atom stereocenters. The SMILES string of the molecule is COC(=O)c1nnn(CC(C)C(N)=O)c1-c1ccncc1. The molecule has 0 aliphatic carbocycles. The standard InChI is InChI=1S/C13H15N5O3/c1-8(12(14)19)7-18-11(9-3-5-15-6-4-9)10(16-17-18)13(20)21-2/h3-6,8H,7H2,1-2H3,(H2,14,19). The minimum absolute atomic E-state index is 0.0837. The Morgan fingerprint density at radius 2 is 2.05 bits per heavy atom. The van der Waals surface area contributed by atoms with Gasteiger partial charge in [0.15, 0.2) is 5.69 Å². The van der Waals surface area contributed by atoms with E-state index in [0.29, 0.717) is 11.3 Å². The molecule has 21 heavy (non-hydrogen) atoms. The number of ether oxygens (including phenoxy) is 1. The molecule has 0 saturated heterocycles. The van der Waals surface area contributed by atoms with Crippen LogP contribution >= 0.6 is 0 Å². The maximum absolute atomic E-state index is 11.8. The van der Waals surface area contributed by atoms with E-state index in [1.54, 1.807) is 31.5 Å². The molecule has 8 nitrogen and oxygen atoms in total. The summed E-state index contributed by atoms with van der Waals surface area (Å²) in [6.45, 7) is 1.90. The monoisotopic (exact) mass is 289 g/mol. The van der Waals surface area contributed by atoms with Crippen LogP contribution in [0.4, 0.5) is 0 Å². The van der Waals surface area contributed by atoms with Gasteiger partial charge in [0, 0.05) is 18.0 Å². The van der Waals surface area contributed by atoms with E-state index in [1.165, 1.54) is 11.8 Å². The Morgan fingerprint density at radius 3 is 2.62 bits per heavy atom. The predicted octanol–water partition coefficient (Wildman–Crippen LogP) is 0.248. The summed E-state index contributed by atoms with van der Waals surface area (Å²) < 4.78 is 6.17. The fourth-order valence-electron chi connectivity index (χ4n) is 1.82. The van der Waals surface area contributed by atoms with E-state index in [-0.39, 0.29) is 12.2 Å². The van der Waals surface area contributed by atoms with Crippen molar-refractivity contribution in [1.29, 1.82) is 0 Å². The number of hydrogen-bond donors (Lipinski definition) is 1. The number of hydrogen-bond acceptors (Lipinski definition) is 6. The van der Waals surface area contributed by atoms with Gasteiger partial charge in [-0.15, -0.1) is 5.10 Å². The molecule has 0 saturated carbocycles. The second-order valence-electron chi connectivity index (χ2n) is 4.50. The molecule has 0 fully saturated rings. The van der Waals surface area contributed by atoms with Crippen LogP contribution in [0.25, 0.3) is 11.3 Å². The molecule has 1 unspecified atom stereocenters. The normalized spacial score (nSPS) is 11.9. The van der Waals surface area contributed by atoms with Crippen molar-refractivity contribution >= 4 is 11.9 Å². The Balaban J connectivity index is 2.49. The highest BCUT2D eigenvalue weighted by atomic mass is 16.5. The van der Waals surface area contributed by atoms with Crippen LogP contribution in [-0.4, -0.2) is 39.0 Å². The third-order valence-corrected chi connectivity index (χ3v) is 3.00. The highest BCUT2D eigenvalue weighted by molar-refractivity contribution is 5.94. The second-order valence-corrected chi connectivity index (χ2v) is 4.50. The first kappa shape index (κ1) is 14.6. The Hall–Kier alpha value is -2.77. The Kier molecular flexibility index (Phi) is 4.27. The topological polar surface area (TPSA) is 113 Å². The summed E-state index contributed by atoms with van der Waals surface area (Å²) in [5, 5.41) is 7.76. The predicted molar refractivity (Wildman–Crippen MR) is 73.0 cm³/mol. The van der Waals surface area contributed by atoms with Crippen molar-refractivity contribution in [2.75, 3.05) is 7.11 Å². The number of carbonyl (C=O) groups is 2. The van der Waals surface area contributed by atoms with Gasteiger partial charge in [-0.2, -0.15) is 0 Å². The zero-order valence-corrected chi connectivity index (χ0v) is 11.7. The maximum atomic E-state index is 11.8. The minimum atomic E-state index is -0.597. The lowest BCUT2D eigenvalue weighted by Gasteiger charge is -2.10. The summed E-state index contributed by atoms with van der Waals surface area (Å²) in [4.78, 5) is 26.9. The molecule has 2 rings (SSSR count). The van der Waals surface area contributed by atoms with Gasteiger partial charge in [-0.25, -0.2) is 9.48 Å². The largest absolute Gasteiger partial charge is 0.464 e. The lowest BCUT2D eigenvalue weighted by molar-refractivity contribution is -0.121. The highest BCUT2D eigenvalue weighted by Crippen LogP contribution is 2.23. The molecule has 2 heterocycles. The van der Waals surface area contributed by atoms with Crippen molar-refractivity contribution < 1.29 is 14.3 Å². The third-order valence-electron chi connectivity index (χ3n) is 3.00. The van der Waals surface area contributed by atoms with Crippen LogP contribution in [0, 0.1) is 5.92 Å². The molecule has 1 amide bonds. The zero-order chi connectivity index (χ0) is 15.4. The number of aromatic nitrogens is 4. The first-order valence-electron chi connectivity index (χ1n) is 6.26. The van der Waals surface area contributed by atoms with Gasteiger partial charge in [-0.1, -0.05) is 12.1 Å². The molecule has 8 heteroatoms. The quantitative estimate of drug-likeness (QED) is 0.789. The molecule has 0 bridgehead atoms. The Bertz CT molecular complexity index is 653. The fourth-order valence-corrected chi connectivity index (χ4v) is 1.82. The fraction of sp³-hybridized carbons (Fsp3) is 0.308. The molecular weight excluding hydrogens is 274 g/mol. The lowest BCUT2D eigenvalue weighted by Crippen LogP contribution is -2.25. The number of nitrogens with two attached hydrogens (primary N) is 1. The molecule has 2 N–H and O–H groups in total. The summed E-state index contributed by atoms with van der Waals surface area (Å²) >= 11 is 0. The molecule has 0 radical (unpaired) electrons. The number of pyridine rings is 1. The van der Waals surface area contributed by atoms with Crippen molar-refractivity contribution in [3.05, 3.63) is 30.2 Å². The second kappa shape index (κ2) is 6.12. The number of primary amides is 1. The summed E-state index contributed by atoms with van der Waals surface area (Å²) in [5.41, 5.74) is 6.52. The van der Waals surface area contributed by atoms with E-state index in [9.17, 15) is 9.59 Å². The van der Waals surface area contributed by atoms with Crippen LogP contribution in [-0.2, 0) is 16.1 Å². The van der Waals surface area contributed by atoms with Crippen LogP contribution < -0.4 is 5.73 Å². The van der Waals surface area contributed by atoms with Crippen LogP contribution in [0.1, 0.15) is 17.4 Å². The average molecular weight is 289 g/mol. The van der Waals surface area contributed by atoms with E-state index < -0.39 is 17.8 Å². The van der Waals surface area contributed by atoms with Gasteiger partial charge in [-0.05, 0) is 12.1 Å². The minimum Gasteiger partial charge on any atom is -0.464 e. The number of amides is 1. The summed E-state index contributed by atoms with van der Waals surface area (Å²) in [7, 11) is 1.27. The third kappa shape index (κ3) is 3.04. The molecule has 0 aliphatic rings. The summed E-state index contributed by atoms with van der Waals surface area (Å²) in [6, 6.07) is 3.44. The van der Waals surface area contributed by atoms with Gasteiger partial charge in [-0.3, -0.25) is 9.78 Å². The van der Waals surface area contributed by atoms with Gasteiger partial charge in [0.2, 0.25) is 5.91 Å². The Labute approximate surface area is 120 Å². The van der Waals surface area contributed by atoms with E-state index in [0.717, 1.165) is 0 Å². The van der Waals surface area contributed by atoms with Crippen molar-refractivity contribution in [2.24, 2.45) is 11.7 Å². The summed E-state index contributed by atoms with van der Waals surface area (Å²) in [5.74, 6) is -1.50. The van der Waals surface area contributed by atoms with Gasteiger partial charge < -0.3 is 10.5 Å². The van der Waals surface area contributed by atoms with E-state index >= 15 is 0 Å². The van der Waals surface area contributed by atoms with Crippen LogP contribution in [0.5, 0.6) is 0 Å². The molecule has 2 aromatic heterocycles. The van der Waals surface area contributed by atoms with E-state index in [4.69, 9.17) is 10.5 Å². The number of rotatable bonds is 5. The molecule has 110 valence electrons. The van der Waals surface area contributed by atoms with Crippen LogP contribution in [0.2, 0.25) is 0 Å². The van der Waals surface area contributed by atoms with E-state index in [1.807, 2.05) is 0 Å². The van der Waals surface area contributed by atoms with Gasteiger partial charge in [0.25, 0.3) is 0 Å². The lowest BCUT2D eigenvalue weighted by atomic mass is 10.1. The van der Waals surface area contributed by atoms with Crippen LogP contribution in [0.3, 0.4) is 0 Å². The number of nitrogens with zero attached hydrogens (tertiary/aromatic N) is 4. The number of methoxy groups -OCH3 is 1. The van der Waals surface area contributed by atoms with Crippen molar-refractivity contribution in [3.63, 3.8) is 0 Å². The molecular formula is C13H15N5O3. The van der Waals surface area contributed by atoms with E-state index in [2.05, 4.69) is 15.3 Å². The molecule has 0 aromatic carbocycles. The van der Waals surface area contributed by atoms with Crippen molar-refractivity contribution in [3.8, 4) is 11.3 Å². The molecule has 2 aromatic rings. The van der Waals surface area contributed by atoms with Gasteiger partial charge in [0.05, 0.1) is 19.6 Å². The first-order valence-corrected chi connectivity index (χ1v) is 6.26. The average Bonchev–Trinajstić information content (AvgIpc) is 2.90. The van der Waals surface area contributed by atoms with Gasteiger partial charge >= 0.3 is 5.97 Å². The highest BCUT2D eigenvalue weighted by Gasteiger charge is 2.23. The molecule has 0 aliphatic heterocycles. The maximum Gasteiger partial charge on any atom is 0.360 e. The zero-order valence-electron chi connectivity index (χ0n) is 11.7. The summed E-state index contributed by atoms with van der Waals surface area (Å²) in [6.07, 6.45) is 3.18. The number of esters is 1.